The molecule has 0 aliphatic heterocycles. The molecule has 9 heteroatoms. The smallest absolute Gasteiger partial charge is 0.303 e. The molecule has 8 nitrogen and oxygen atoms in total. The van der Waals surface area contributed by atoms with Crippen LogP contribution in [0.4, 0.5) is 0 Å². The number of hydrogen-bond donors (Lipinski definition) is 3. The molecule has 0 radical (unpaired) electrons. The predicted octanol–water partition coefficient (Wildman–Crippen LogP) is -0.964. The van der Waals surface area contributed by atoms with Gasteiger partial charge in [-0.15, -0.1) is 0 Å². The minimum Gasteiger partial charge on any atom is -0.303 e. The Labute approximate surface area is 89.8 Å². The summed E-state index contributed by atoms with van der Waals surface area (Å²) in [6.07, 6.45) is 1.55. The Morgan fingerprint density at radius 1 is 1.44 bits per heavy atom. The van der Waals surface area contributed by atoms with Crippen molar-refractivity contribution in [3.05, 3.63) is 33.1 Å². The largest absolute Gasteiger partial charge is 0.469 e. The molecule has 1 aromatic heterocycles. The van der Waals surface area contributed by atoms with Crippen LogP contribution in [0.3, 0.4) is 0 Å². The molecule has 0 unspecified atom stereocenters. The normalized spacial score (nSPS) is 11.6. The number of aromatic amines is 1. The molecule has 0 aliphatic carbocycles. The van der Waals surface area contributed by atoms with Crippen LogP contribution in [0.2, 0.25) is 0 Å². The molecule has 0 amide bonds. The zero-order valence-corrected chi connectivity index (χ0v) is 9.09. The van der Waals surface area contributed by atoms with E-state index in [9.17, 15) is 14.2 Å². The fourth-order valence-electron chi connectivity index (χ4n) is 1.04. The van der Waals surface area contributed by atoms with Crippen molar-refractivity contribution in [1.82, 2.24) is 9.55 Å². The summed E-state index contributed by atoms with van der Waals surface area (Å²) in [5.74, 6) is 0. The summed E-state index contributed by atoms with van der Waals surface area (Å²) in [6.45, 7) is 0.0332. The Bertz CT molecular complexity index is 500. The van der Waals surface area contributed by atoms with Crippen LogP contribution in [-0.2, 0) is 15.6 Å². The van der Waals surface area contributed by atoms with Gasteiger partial charge >= 0.3 is 13.5 Å². The lowest BCUT2D eigenvalue weighted by molar-refractivity contribution is 0.192. The van der Waals surface area contributed by atoms with Crippen molar-refractivity contribution in [3.63, 3.8) is 0 Å². The lowest BCUT2D eigenvalue weighted by Gasteiger charge is -2.06. The van der Waals surface area contributed by atoms with Crippen molar-refractivity contribution in [3.8, 4) is 0 Å². The first-order chi connectivity index (χ1) is 7.38. The van der Waals surface area contributed by atoms with Gasteiger partial charge in [-0.05, 0) is 6.42 Å². The summed E-state index contributed by atoms with van der Waals surface area (Å²) < 4.78 is 15.7. The Kier molecular flexibility index (Phi) is 4.19. The van der Waals surface area contributed by atoms with Gasteiger partial charge in [0.25, 0.3) is 5.56 Å². The molecule has 0 aromatic carbocycles. The summed E-state index contributed by atoms with van der Waals surface area (Å²) in [5, 5.41) is 0. The molecule has 1 aromatic rings. The monoisotopic (exact) mass is 250 g/mol. The minimum absolute atomic E-state index is 0.171. The quantitative estimate of drug-likeness (QED) is 0.457. The second-order valence-corrected chi connectivity index (χ2v) is 4.22. The van der Waals surface area contributed by atoms with Crippen LogP contribution in [0.5, 0.6) is 0 Å². The summed E-state index contributed by atoms with van der Waals surface area (Å²) >= 11 is 0. The van der Waals surface area contributed by atoms with Crippen molar-refractivity contribution in [2.75, 3.05) is 6.61 Å². The van der Waals surface area contributed by atoms with E-state index in [2.05, 4.69) is 9.51 Å². The molecule has 1 rings (SSSR count). The third-order valence-electron chi connectivity index (χ3n) is 1.70. The molecular formula is C7H11N2O6P. The molecule has 0 fully saturated rings. The van der Waals surface area contributed by atoms with E-state index in [4.69, 9.17) is 9.79 Å². The van der Waals surface area contributed by atoms with Crippen LogP contribution >= 0.6 is 7.82 Å². The fourth-order valence-corrected chi connectivity index (χ4v) is 1.41. The van der Waals surface area contributed by atoms with E-state index in [-0.39, 0.29) is 19.6 Å². The van der Waals surface area contributed by atoms with E-state index in [1.807, 2.05) is 0 Å². The molecule has 0 saturated carbocycles. The second kappa shape index (κ2) is 5.22. The van der Waals surface area contributed by atoms with Gasteiger partial charge in [-0.2, -0.15) is 0 Å². The van der Waals surface area contributed by atoms with Gasteiger partial charge in [-0.1, -0.05) is 0 Å². The number of aryl methyl sites for hydroxylation is 1. The van der Waals surface area contributed by atoms with E-state index in [0.29, 0.717) is 0 Å². The topological polar surface area (TPSA) is 122 Å². The first kappa shape index (κ1) is 12.9. The number of nitrogens with zero attached hydrogens (tertiary/aromatic N) is 1. The van der Waals surface area contributed by atoms with Crippen LogP contribution in [0.25, 0.3) is 0 Å². The Balaban J connectivity index is 2.47. The number of hydrogen-bond acceptors (Lipinski definition) is 4. The van der Waals surface area contributed by atoms with Crippen LogP contribution in [-0.4, -0.2) is 25.9 Å². The van der Waals surface area contributed by atoms with E-state index >= 15 is 0 Å². The Morgan fingerprint density at radius 3 is 2.69 bits per heavy atom. The maximum atomic E-state index is 11.1. The molecule has 0 saturated heterocycles. The van der Waals surface area contributed by atoms with Crippen LogP contribution in [0.1, 0.15) is 6.42 Å². The first-order valence-electron chi connectivity index (χ1n) is 4.38. The van der Waals surface area contributed by atoms with E-state index in [1.165, 1.54) is 16.8 Å². The van der Waals surface area contributed by atoms with Crippen molar-refractivity contribution in [2.45, 2.75) is 13.0 Å². The molecule has 90 valence electrons. The zero-order chi connectivity index (χ0) is 12.2. The summed E-state index contributed by atoms with van der Waals surface area (Å²) in [7, 11) is -4.45. The van der Waals surface area contributed by atoms with Crippen molar-refractivity contribution >= 4 is 7.82 Å². The third-order valence-corrected chi connectivity index (χ3v) is 2.22. The van der Waals surface area contributed by atoms with Crippen molar-refractivity contribution in [2.24, 2.45) is 0 Å². The van der Waals surface area contributed by atoms with E-state index in [0.717, 1.165) is 0 Å². The van der Waals surface area contributed by atoms with Gasteiger partial charge in [-0.3, -0.25) is 14.3 Å². The second-order valence-electron chi connectivity index (χ2n) is 2.98. The molecule has 0 atom stereocenters. The highest BCUT2D eigenvalue weighted by Crippen LogP contribution is 2.35. The zero-order valence-electron chi connectivity index (χ0n) is 8.20. The summed E-state index contributed by atoms with van der Waals surface area (Å²) in [5.41, 5.74) is -1.06. The number of phosphoric ester groups is 1. The number of phosphoric acid groups is 1. The molecule has 0 aliphatic rings. The molecule has 1 heterocycles. The lowest BCUT2D eigenvalue weighted by Crippen LogP contribution is -2.28. The summed E-state index contributed by atoms with van der Waals surface area (Å²) in [6, 6.07) is 1.19. The van der Waals surface area contributed by atoms with Crippen molar-refractivity contribution in [1.29, 1.82) is 0 Å². The maximum Gasteiger partial charge on any atom is 0.469 e. The number of rotatable bonds is 5. The first-order valence-corrected chi connectivity index (χ1v) is 5.91. The van der Waals surface area contributed by atoms with Gasteiger partial charge < -0.3 is 14.4 Å². The standard InChI is InChI=1S/C7H11N2O6P/c10-6-2-4-9(7(11)8-6)3-1-5-15-16(12,13)14/h2,4H,1,3,5H2,(H,8,10,11)(H2,12,13,14). The highest BCUT2D eigenvalue weighted by Gasteiger charge is 2.12. The predicted molar refractivity (Wildman–Crippen MR) is 53.9 cm³/mol. The number of aromatic nitrogens is 2. The number of H-pyrrole nitrogens is 1. The van der Waals surface area contributed by atoms with Gasteiger partial charge in [0.05, 0.1) is 6.61 Å². The highest BCUT2D eigenvalue weighted by molar-refractivity contribution is 7.46. The average molecular weight is 250 g/mol. The molecule has 0 spiro atoms. The number of nitrogens with one attached hydrogen (secondary N) is 1. The third kappa shape index (κ3) is 4.54. The average Bonchev–Trinajstić information content (AvgIpc) is 2.13. The maximum absolute atomic E-state index is 11.1. The molecule has 0 bridgehead atoms. The van der Waals surface area contributed by atoms with Gasteiger partial charge in [0.2, 0.25) is 0 Å². The van der Waals surface area contributed by atoms with Crippen LogP contribution in [0, 0.1) is 0 Å². The van der Waals surface area contributed by atoms with Gasteiger partial charge in [0.15, 0.2) is 0 Å². The Morgan fingerprint density at radius 2 is 2.12 bits per heavy atom. The SMILES string of the molecule is O=c1ccn(CCCOP(=O)(O)O)c(=O)[nH]1. The molecular weight excluding hydrogens is 239 g/mol. The fraction of sp³-hybridized carbons (Fsp3) is 0.429. The lowest BCUT2D eigenvalue weighted by atomic mass is 10.4. The Hall–Kier alpha value is -1.21. The van der Waals surface area contributed by atoms with Gasteiger partial charge in [0.1, 0.15) is 0 Å². The van der Waals surface area contributed by atoms with E-state index in [1.54, 1.807) is 0 Å². The van der Waals surface area contributed by atoms with Crippen LogP contribution in [0.15, 0.2) is 21.9 Å². The minimum atomic E-state index is -4.45. The van der Waals surface area contributed by atoms with Crippen molar-refractivity contribution < 1.29 is 18.9 Å². The van der Waals surface area contributed by atoms with E-state index < -0.39 is 19.1 Å². The summed E-state index contributed by atoms with van der Waals surface area (Å²) in [4.78, 5) is 40.7. The molecule has 16 heavy (non-hydrogen) atoms. The van der Waals surface area contributed by atoms with Gasteiger partial charge in [-0.25, -0.2) is 9.36 Å². The molecule has 3 N–H and O–H groups in total. The highest BCUT2D eigenvalue weighted by atomic mass is 31.2. The van der Waals surface area contributed by atoms with Crippen LogP contribution < -0.4 is 11.2 Å². The van der Waals surface area contributed by atoms with Gasteiger partial charge in [0, 0.05) is 18.8 Å².